The quantitative estimate of drug-likeness (QED) is 0.141. The number of ether oxygens (including phenoxy) is 3. The van der Waals surface area contributed by atoms with Crippen molar-refractivity contribution in [3.63, 3.8) is 0 Å². The van der Waals surface area contributed by atoms with Crippen LogP contribution in [0.2, 0.25) is 5.02 Å². The Labute approximate surface area is 268 Å². The van der Waals surface area contributed by atoms with Crippen LogP contribution in [-0.2, 0) is 18.8 Å². The molecule has 5 aromatic rings. The molecular weight excluding hydrogens is 621 g/mol. The van der Waals surface area contributed by atoms with E-state index in [1.165, 1.54) is 36.0 Å². The third-order valence-corrected chi connectivity index (χ3v) is 9.18. The van der Waals surface area contributed by atoms with Crippen molar-refractivity contribution in [2.75, 3.05) is 14.2 Å². The van der Waals surface area contributed by atoms with Crippen molar-refractivity contribution in [3.05, 3.63) is 129 Å². The maximum Gasteiger partial charge on any atom is 0.173 e. The zero-order chi connectivity index (χ0) is 31.5. The third kappa shape index (κ3) is 6.51. The predicted octanol–water partition coefficient (Wildman–Crippen LogP) is 9.30. The molecule has 1 heterocycles. The van der Waals surface area contributed by atoms with E-state index >= 15 is 8.78 Å². The van der Waals surface area contributed by atoms with Crippen LogP contribution in [0.25, 0.3) is 5.69 Å². The molecule has 0 aliphatic heterocycles. The Kier molecular flexibility index (Phi) is 9.28. The zero-order valence-corrected chi connectivity index (χ0v) is 26.2. The van der Waals surface area contributed by atoms with Gasteiger partial charge in [-0.05, 0) is 91.1 Å². The number of halogens is 4. The van der Waals surface area contributed by atoms with Crippen LogP contribution in [0.4, 0.5) is 13.2 Å². The first-order valence-electron chi connectivity index (χ1n) is 14.4. The Morgan fingerprint density at radius 3 is 2.42 bits per heavy atom. The first-order chi connectivity index (χ1) is 21.9. The molecule has 6 rings (SSSR count). The normalized spacial score (nSPS) is 14.2. The van der Waals surface area contributed by atoms with E-state index in [-0.39, 0.29) is 35.4 Å². The summed E-state index contributed by atoms with van der Waals surface area (Å²) in [6.07, 6.45) is 2.51. The maximum absolute atomic E-state index is 15.6. The molecule has 0 bridgehead atoms. The number of aromatic nitrogens is 2. The molecule has 0 radical (unpaired) electrons. The molecule has 1 aliphatic rings. The van der Waals surface area contributed by atoms with E-state index in [4.69, 9.17) is 30.8 Å². The molecule has 5 nitrogen and oxygen atoms in total. The van der Waals surface area contributed by atoms with Gasteiger partial charge in [0.05, 0.1) is 30.6 Å². The summed E-state index contributed by atoms with van der Waals surface area (Å²) >= 11 is 7.54. The summed E-state index contributed by atoms with van der Waals surface area (Å²) in [4.78, 5) is 4.96. The van der Waals surface area contributed by atoms with Gasteiger partial charge in [0.1, 0.15) is 29.7 Å². The Morgan fingerprint density at radius 1 is 0.911 bits per heavy atom. The second kappa shape index (κ2) is 13.5. The molecule has 0 saturated carbocycles. The summed E-state index contributed by atoms with van der Waals surface area (Å²) in [5.41, 5.74) is 4.27. The van der Waals surface area contributed by atoms with E-state index < -0.39 is 11.6 Å². The van der Waals surface area contributed by atoms with E-state index in [1.54, 1.807) is 38.5 Å². The van der Waals surface area contributed by atoms with Gasteiger partial charge in [0.2, 0.25) is 0 Å². The van der Waals surface area contributed by atoms with Gasteiger partial charge in [0.15, 0.2) is 16.7 Å². The van der Waals surface area contributed by atoms with Crippen molar-refractivity contribution in [2.24, 2.45) is 0 Å². The molecular formula is C35H30ClF3N2O3S. The van der Waals surface area contributed by atoms with Crippen LogP contribution in [0.15, 0.2) is 84.0 Å². The van der Waals surface area contributed by atoms with E-state index in [0.717, 1.165) is 41.8 Å². The maximum atomic E-state index is 15.6. The molecule has 0 N–H and O–H groups in total. The van der Waals surface area contributed by atoms with Gasteiger partial charge in [-0.1, -0.05) is 41.6 Å². The molecule has 4 aromatic carbocycles. The first kappa shape index (κ1) is 30.9. The van der Waals surface area contributed by atoms with Crippen LogP contribution < -0.4 is 14.2 Å². The molecule has 1 aromatic heterocycles. The highest BCUT2D eigenvalue weighted by molar-refractivity contribution is 7.98. The van der Waals surface area contributed by atoms with Crippen LogP contribution in [-0.4, -0.2) is 23.8 Å². The number of imidazole rings is 1. The third-order valence-electron chi connectivity index (χ3n) is 7.91. The minimum absolute atomic E-state index is 0.0338. The number of thioether (sulfide) groups is 1. The minimum atomic E-state index is -0.758. The monoisotopic (exact) mass is 650 g/mol. The summed E-state index contributed by atoms with van der Waals surface area (Å²) in [5.74, 6) is -0.644. The van der Waals surface area contributed by atoms with Gasteiger partial charge in [0, 0.05) is 22.9 Å². The van der Waals surface area contributed by atoms with Gasteiger partial charge in [-0.2, -0.15) is 0 Å². The number of hydrogen-bond donors (Lipinski definition) is 0. The molecule has 45 heavy (non-hydrogen) atoms. The van der Waals surface area contributed by atoms with E-state index in [9.17, 15) is 4.39 Å². The molecule has 1 aliphatic carbocycles. The summed E-state index contributed by atoms with van der Waals surface area (Å²) < 4.78 is 63.0. The van der Waals surface area contributed by atoms with Crippen molar-refractivity contribution < 1.29 is 27.4 Å². The van der Waals surface area contributed by atoms with Gasteiger partial charge >= 0.3 is 0 Å². The minimum Gasteiger partial charge on any atom is -0.497 e. The Hall–Kier alpha value is -4.08. The fourth-order valence-electron chi connectivity index (χ4n) is 5.60. The molecule has 10 heteroatoms. The number of benzene rings is 4. The summed E-state index contributed by atoms with van der Waals surface area (Å²) in [5, 5.41) is 1.07. The van der Waals surface area contributed by atoms with Crippen molar-refractivity contribution in [1.82, 2.24) is 9.55 Å². The standard InChI is InChI=1S/C35H30ClF3N2O3S/c1-42-25-13-6-21(7-14-25)19-44-31-17-16-29(38)27(33(31)39)20-45-35-40-30-5-3-4-26(22-8-15-28(36)32(18-22)43-2)34(30)41(35)24-11-9-23(37)10-12-24/h6-18,26H,3-5,19-20H2,1-2H3. The van der Waals surface area contributed by atoms with Crippen molar-refractivity contribution in [2.45, 2.75) is 42.7 Å². The lowest BCUT2D eigenvalue weighted by Crippen LogP contribution is -2.15. The highest BCUT2D eigenvalue weighted by Crippen LogP contribution is 2.43. The average Bonchev–Trinajstić information content (AvgIpc) is 3.44. The Morgan fingerprint density at radius 2 is 1.69 bits per heavy atom. The molecule has 0 fully saturated rings. The fourth-order valence-corrected chi connectivity index (χ4v) is 6.84. The molecule has 232 valence electrons. The number of nitrogens with zero attached hydrogens (tertiary/aromatic N) is 2. The van der Waals surface area contributed by atoms with Crippen molar-refractivity contribution >= 4 is 23.4 Å². The molecule has 0 amide bonds. The lowest BCUT2D eigenvalue weighted by molar-refractivity contribution is 0.288. The van der Waals surface area contributed by atoms with Gasteiger partial charge in [0.25, 0.3) is 0 Å². The number of hydrogen-bond acceptors (Lipinski definition) is 5. The second-order valence-electron chi connectivity index (χ2n) is 10.6. The first-order valence-corrected chi connectivity index (χ1v) is 15.8. The molecule has 1 unspecified atom stereocenters. The van der Waals surface area contributed by atoms with E-state index in [1.807, 2.05) is 34.9 Å². The summed E-state index contributed by atoms with van der Waals surface area (Å²) in [7, 11) is 3.15. The van der Waals surface area contributed by atoms with E-state index in [2.05, 4.69) is 0 Å². The number of aryl methyl sites for hydroxylation is 1. The molecule has 0 saturated heterocycles. The van der Waals surface area contributed by atoms with Crippen LogP contribution in [0.3, 0.4) is 0 Å². The Bertz CT molecular complexity index is 1810. The highest BCUT2D eigenvalue weighted by atomic mass is 35.5. The number of rotatable bonds is 10. The fraction of sp³-hybridized carbons (Fsp3) is 0.229. The van der Waals surface area contributed by atoms with Crippen molar-refractivity contribution in [3.8, 4) is 22.9 Å². The number of fused-ring (bicyclic) bond motifs is 1. The van der Waals surface area contributed by atoms with Crippen LogP contribution in [0, 0.1) is 17.5 Å². The average molecular weight is 651 g/mol. The SMILES string of the molecule is COc1ccc(COc2ccc(F)c(CSc3nc4c(n3-c3ccc(F)cc3)C(c3ccc(Cl)c(OC)c3)CCC4)c2F)cc1. The lowest BCUT2D eigenvalue weighted by atomic mass is 9.84. The summed E-state index contributed by atoms with van der Waals surface area (Å²) in [6.45, 7) is 0.109. The van der Waals surface area contributed by atoms with Crippen LogP contribution in [0.1, 0.15) is 46.8 Å². The lowest BCUT2D eigenvalue weighted by Gasteiger charge is -2.26. The second-order valence-corrected chi connectivity index (χ2v) is 12.0. The van der Waals surface area contributed by atoms with Gasteiger partial charge in [-0.3, -0.25) is 4.57 Å². The van der Waals surface area contributed by atoms with Crippen molar-refractivity contribution in [1.29, 1.82) is 0 Å². The predicted molar refractivity (Wildman–Crippen MR) is 170 cm³/mol. The van der Waals surface area contributed by atoms with Gasteiger partial charge in [-0.25, -0.2) is 18.2 Å². The molecule has 0 spiro atoms. The van der Waals surface area contributed by atoms with Crippen LogP contribution >= 0.6 is 23.4 Å². The summed E-state index contributed by atoms with van der Waals surface area (Å²) in [6, 6.07) is 21.6. The topological polar surface area (TPSA) is 45.5 Å². The van der Waals surface area contributed by atoms with Gasteiger partial charge in [-0.15, -0.1) is 0 Å². The van der Waals surface area contributed by atoms with E-state index in [0.29, 0.717) is 27.4 Å². The van der Waals surface area contributed by atoms with Crippen LogP contribution in [0.5, 0.6) is 17.2 Å². The molecule has 1 atom stereocenters. The largest absolute Gasteiger partial charge is 0.497 e. The number of methoxy groups -OCH3 is 2. The smallest absolute Gasteiger partial charge is 0.173 e. The Balaban J connectivity index is 1.32. The highest BCUT2D eigenvalue weighted by Gasteiger charge is 2.31. The van der Waals surface area contributed by atoms with Gasteiger partial charge < -0.3 is 14.2 Å². The zero-order valence-electron chi connectivity index (χ0n) is 24.7.